The van der Waals surface area contributed by atoms with Gasteiger partial charge in [0.15, 0.2) is 5.69 Å². The predicted molar refractivity (Wildman–Crippen MR) is 65.8 cm³/mol. The zero-order valence-electron chi connectivity index (χ0n) is 10.5. The van der Waals surface area contributed by atoms with Crippen LogP contribution in [0.4, 0.5) is 5.82 Å². The van der Waals surface area contributed by atoms with Crippen LogP contribution in [0.25, 0.3) is 0 Å². The molecule has 2 heterocycles. The Hall–Kier alpha value is -1.69. The number of carbonyl (C=O) groups is 1. The highest BCUT2D eigenvalue weighted by atomic mass is 16.5. The minimum Gasteiger partial charge on any atom is -0.476 e. The number of carboxylic acids is 1. The molecular formula is C12H17N3O3. The standard InChI is InChI=1S/C12H17N3O3/c1-8-3-4-15(7-10(8)18-2)11-6-13-5-9(14-11)12(16)17/h5-6,8,10H,3-4,7H2,1-2H3,(H,16,17). The van der Waals surface area contributed by atoms with Gasteiger partial charge in [0.25, 0.3) is 0 Å². The van der Waals surface area contributed by atoms with Crippen molar-refractivity contribution in [3.8, 4) is 0 Å². The van der Waals surface area contributed by atoms with E-state index in [0.29, 0.717) is 11.7 Å². The van der Waals surface area contributed by atoms with Gasteiger partial charge >= 0.3 is 5.97 Å². The van der Waals surface area contributed by atoms with Crippen LogP contribution >= 0.6 is 0 Å². The van der Waals surface area contributed by atoms with E-state index in [4.69, 9.17) is 9.84 Å². The van der Waals surface area contributed by atoms with E-state index in [0.717, 1.165) is 19.5 Å². The van der Waals surface area contributed by atoms with Crippen molar-refractivity contribution in [2.24, 2.45) is 5.92 Å². The van der Waals surface area contributed by atoms with Crippen LogP contribution in [0.3, 0.4) is 0 Å². The number of rotatable bonds is 3. The van der Waals surface area contributed by atoms with Crippen molar-refractivity contribution < 1.29 is 14.6 Å². The Labute approximate surface area is 106 Å². The molecule has 98 valence electrons. The first-order valence-electron chi connectivity index (χ1n) is 5.95. The highest BCUT2D eigenvalue weighted by molar-refractivity contribution is 5.85. The summed E-state index contributed by atoms with van der Waals surface area (Å²) in [6.07, 6.45) is 3.99. The minimum atomic E-state index is -1.06. The van der Waals surface area contributed by atoms with Gasteiger partial charge in [0.2, 0.25) is 0 Å². The molecule has 0 aliphatic carbocycles. The van der Waals surface area contributed by atoms with Crippen LogP contribution < -0.4 is 4.90 Å². The summed E-state index contributed by atoms with van der Waals surface area (Å²) in [5, 5.41) is 8.90. The van der Waals surface area contributed by atoms with Gasteiger partial charge in [-0.25, -0.2) is 9.78 Å². The molecule has 1 aliphatic heterocycles. The number of methoxy groups -OCH3 is 1. The molecule has 0 spiro atoms. The van der Waals surface area contributed by atoms with Gasteiger partial charge in [-0.3, -0.25) is 4.98 Å². The highest BCUT2D eigenvalue weighted by Gasteiger charge is 2.27. The molecule has 6 heteroatoms. The van der Waals surface area contributed by atoms with Crippen molar-refractivity contribution in [1.29, 1.82) is 0 Å². The second-order valence-electron chi connectivity index (χ2n) is 4.55. The Morgan fingerprint density at radius 1 is 1.56 bits per heavy atom. The van der Waals surface area contributed by atoms with E-state index in [1.54, 1.807) is 13.3 Å². The van der Waals surface area contributed by atoms with Gasteiger partial charge in [-0.05, 0) is 12.3 Å². The molecule has 1 fully saturated rings. The van der Waals surface area contributed by atoms with E-state index < -0.39 is 5.97 Å². The highest BCUT2D eigenvalue weighted by Crippen LogP contribution is 2.23. The Balaban J connectivity index is 2.16. The third-order valence-electron chi connectivity index (χ3n) is 3.36. The molecule has 1 saturated heterocycles. The zero-order valence-corrected chi connectivity index (χ0v) is 10.5. The number of nitrogens with zero attached hydrogens (tertiary/aromatic N) is 3. The Morgan fingerprint density at radius 2 is 2.33 bits per heavy atom. The molecule has 0 bridgehead atoms. The summed E-state index contributed by atoms with van der Waals surface area (Å²) in [5.74, 6) is 0.0451. The quantitative estimate of drug-likeness (QED) is 0.865. The van der Waals surface area contributed by atoms with Crippen LogP contribution in [0.1, 0.15) is 23.8 Å². The van der Waals surface area contributed by atoms with E-state index in [1.165, 1.54) is 6.20 Å². The fourth-order valence-corrected chi connectivity index (χ4v) is 2.16. The van der Waals surface area contributed by atoms with Gasteiger partial charge in [-0.15, -0.1) is 0 Å². The molecule has 1 aliphatic rings. The number of hydrogen-bond acceptors (Lipinski definition) is 5. The normalized spacial score (nSPS) is 24.0. The molecule has 18 heavy (non-hydrogen) atoms. The molecule has 0 aromatic carbocycles. The maximum atomic E-state index is 10.9. The van der Waals surface area contributed by atoms with Crippen LogP contribution in [0.5, 0.6) is 0 Å². The first-order valence-corrected chi connectivity index (χ1v) is 5.95. The first-order chi connectivity index (χ1) is 8.61. The number of aromatic nitrogens is 2. The van der Waals surface area contributed by atoms with Gasteiger partial charge in [0, 0.05) is 20.2 Å². The predicted octanol–water partition coefficient (Wildman–Crippen LogP) is 1.04. The van der Waals surface area contributed by atoms with Crippen molar-refractivity contribution in [1.82, 2.24) is 9.97 Å². The van der Waals surface area contributed by atoms with E-state index in [-0.39, 0.29) is 11.8 Å². The third kappa shape index (κ3) is 2.59. The number of anilines is 1. The fraction of sp³-hybridized carbons (Fsp3) is 0.583. The minimum absolute atomic E-state index is 0.0277. The van der Waals surface area contributed by atoms with E-state index >= 15 is 0 Å². The summed E-state index contributed by atoms with van der Waals surface area (Å²) < 4.78 is 5.43. The lowest BCUT2D eigenvalue weighted by atomic mass is 9.96. The fourth-order valence-electron chi connectivity index (χ4n) is 2.16. The molecule has 2 rings (SSSR count). The van der Waals surface area contributed by atoms with Gasteiger partial charge in [0.05, 0.1) is 18.5 Å². The van der Waals surface area contributed by atoms with Crippen LogP contribution in [0.2, 0.25) is 0 Å². The molecule has 0 radical (unpaired) electrons. The summed E-state index contributed by atoms with van der Waals surface area (Å²) >= 11 is 0. The number of aromatic carboxylic acids is 1. The number of carboxylic acid groups (broad SMARTS) is 1. The summed E-state index contributed by atoms with van der Waals surface area (Å²) in [6.45, 7) is 3.72. The second-order valence-corrected chi connectivity index (χ2v) is 4.55. The number of ether oxygens (including phenoxy) is 1. The smallest absolute Gasteiger partial charge is 0.356 e. The lowest BCUT2D eigenvalue weighted by Gasteiger charge is -2.36. The Kier molecular flexibility index (Phi) is 3.76. The maximum absolute atomic E-state index is 10.9. The molecular weight excluding hydrogens is 234 g/mol. The third-order valence-corrected chi connectivity index (χ3v) is 3.36. The SMILES string of the molecule is COC1CN(c2cncc(C(=O)O)n2)CCC1C. The summed E-state index contributed by atoms with van der Waals surface area (Å²) in [7, 11) is 1.70. The van der Waals surface area contributed by atoms with Gasteiger partial charge in [0.1, 0.15) is 5.82 Å². The lowest BCUT2D eigenvalue weighted by molar-refractivity contribution is 0.0496. The van der Waals surface area contributed by atoms with Crippen LogP contribution in [0, 0.1) is 5.92 Å². The molecule has 1 aromatic heterocycles. The lowest BCUT2D eigenvalue weighted by Crippen LogP contribution is -2.44. The molecule has 1 aromatic rings. The number of hydrogen-bond donors (Lipinski definition) is 1. The Bertz CT molecular complexity index is 438. The average molecular weight is 251 g/mol. The molecule has 2 atom stereocenters. The van der Waals surface area contributed by atoms with Crippen molar-refractivity contribution in [3.63, 3.8) is 0 Å². The van der Waals surface area contributed by atoms with Crippen molar-refractivity contribution >= 4 is 11.8 Å². The molecule has 0 amide bonds. The maximum Gasteiger partial charge on any atom is 0.356 e. The van der Waals surface area contributed by atoms with Crippen LogP contribution in [-0.2, 0) is 4.74 Å². The number of piperidine rings is 1. The van der Waals surface area contributed by atoms with E-state index in [1.807, 2.05) is 4.90 Å². The molecule has 1 N–H and O–H groups in total. The summed E-state index contributed by atoms with van der Waals surface area (Å²) in [6, 6.07) is 0. The van der Waals surface area contributed by atoms with Crippen molar-refractivity contribution in [2.45, 2.75) is 19.4 Å². The zero-order chi connectivity index (χ0) is 13.1. The molecule has 6 nitrogen and oxygen atoms in total. The van der Waals surface area contributed by atoms with E-state index in [2.05, 4.69) is 16.9 Å². The van der Waals surface area contributed by atoms with E-state index in [9.17, 15) is 4.79 Å². The van der Waals surface area contributed by atoms with Crippen LogP contribution in [0.15, 0.2) is 12.4 Å². The Morgan fingerprint density at radius 3 is 3.00 bits per heavy atom. The largest absolute Gasteiger partial charge is 0.476 e. The summed E-state index contributed by atoms with van der Waals surface area (Å²) in [4.78, 5) is 20.9. The van der Waals surface area contributed by atoms with Gasteiger partial charge < -0.3 is 14.7 Å². The van der Waals surface area contributed by atoms with Gasteiger partial charge in [-0.2, -0.15) is 0 Å². The summed E-state index contributed by atoms with van der Waals surface area (Å²) in [5.41, 5.74) is -0.0277. The van der Waals surface area contributed by atoms with Gasteiger partial charge in [-0.1, -0.05) is 6.92 Å². The van der Waals surface area contributed by atoms with Crippen molar-refractivity contribution in [2.75, 3.05) is 25.1 Å². The van der Waals surface area contributed by atoms with Crippen LogP contribution in [-0.4, -0.2) is 47.3 Å². The van der Waals surface area contributed by atoms with Crippen molar-refractivity contribution in [3.05, 3.63) is 18.1 Å². The monoisotopic (exact) mass is 251 g/mol. The average Bonchev–Trinajstić information content (AvgIpc) is 2.39. The topological polar surface area (TPSA) is 75.5 Å². The molecule has 0 saturated carbocycles. The first kappa shape index (κ1) is 12.8. The second kappa shape index (κ2) is 5.30. The molecule has 2 unspecified atom stereocenters.